The van der Waals surface area contributed by atoms with E-state index in [2.05, 4.69) is 10.3 Å². The molecule has 2 aliphatic rings. The van der Waals surface area contributed by atoms with E-state index in [1.807, 2.05) is 44.2 Å². The van der Waals surface area contributed by atoms with E-state index in [1.165, 1.54) is 0 Å². The lowest BCUT2D eigenvalue weighted by Gasteiger charge is -2.37. The molecule has 1 aromatic carbocycles. The fraction of sp³-hybridized carbons (Fsp3) is 0.429. The van der Waals surface area contributed by atoms with Crippen LogP contribution in [-0.4, -0.2) is 40.2 Å². The molecular weight excluding hydrogens is 342 g/mol. The van der Waals surface area contributed by atoms with Crippen LogP contribution < -0.4 is 10.1 Å². The number of piperidine rings is 1. The van der Waals surface area contributed by atoms with Gasteiger partial charge in [0.15, 0.2) is 0 Å². The highest BCUT2D eigenvalue weighted by atomic mass is 16.5. The number of benzene rings is 1. The zero-order valence-electron chi connectivity index (χ0n) is 15.7. The topological polar surface area (TPSA) is 74.7 Å². The van der Waals surface area contributed by atoms with Crippen molar-refractivity contribution < 1.29 is 14.6 Å². The lowest BCUT2D eigenvalue weighted by Crippen LogP contribution is -2.47. The molecule has 0 spiro atoms. The van der Waals surface area contributed by atoms with Crippen molar-refractivity contribution in [2.45, 2.75) is 44.8 Å². The number of amides is 2. The van der Waals surface area contributed by atoms with Crippen molar-refractivity contribution in [2.24, 2.45) is 0 Å². The monoisotopic (exact) mass is 367 g/mol. The van der Waals surface area contributed by atoms with Crippen LogP contribution in [0.2, 0.25) is 0 Å². The summed E-state index contributed by atoms with van der Waals surface area (Å²) in [4.78, 5) is 18.7. The Morgan fingerprint density at radius 2 is 2.07 bits per heavy atom. The maximum atomic E-state index is 12.6. The molecule has 2 aliphatic heterocycles. The van der Waals surface area contributed by atoms with Gasteiger partial charge in [0.05, 0.1) is 5.69 Å². The van der Waals surface area contributed by atoms with Gasteiger partial charge in [-0.2, -0.15) is 0 Å². The number of hydrogen-bond acceptors (Lipinski definition) is 4. The smallest absolute Gasteiger partial charge is 0.321 e. The van der Waals surface area contributed by atoms with Gasteiger partial charge in [0.25, 0.3) is 0 Å². The second-order valence-corrected chi connectivity index (χ2v) is 7.62. The average molecular weight is 367 g/mol. The molecule has 4 rings (SSSR count). The first-order valence-electron chi connectivity index (χ1n) is 9.44. The van der Waals surface area contributed by atoms with Crippen LogP contribution in [0.5, 0.6) is 5.75 Å². The molecule has 1 aromatic heterocycles. The summed E-state index contributed by atoms with van der Waals surface area (Å²) in [7, 11) is 0. The Morgan fingerprint density at radius 1 is 1.30 bits per heavy atom. The SMILES string of the molecule is Cc1ccc(C2(O)CCN(C(=O)Nc3ccc4c(c3)C[C@H](C)O4)CC2)nc1. The molecule has 142 valence electrons. The Morgan fingerprint density at radius 3 is 2.78 bits per heavy atom. The van der Waals surface area contributed by atoms with Crippen molar-refractivity contribution in [3.8, 4) is 5.75 Å². The van der Waals surface area contributed by atoms with Gasteiger partial charge in [-0.1, -0.05) is 6.07 Å². The second-order valence-electron chi connectivity index (χ2n) is 7.62. The van der Waals surface area contributed by atoms with Gasteiger partial charge in [-0.25, -0.2) is 4.79 Å². The molecule has 6 heteroatoms. The van der Waals surface area contributed by atoms with Gasteiger partial charge < -0.3 is 20.1 Å². The van der Waals surface area contributed by atoms with Gasteiger partial charge in [-0.15, -0.1) is 0 Å². The molecule has 0 aliphatic carbocycles. The van der Waals surface area contributed by atoms with E-state index in [0.29, 0.717) is 31.6 Å². The number of aryl methyl sites for hydroxylation is 1. The highest BCUT2D eigenvalue weighted by Crippen LogP contribution is 2.33. The number of ether oxygens (including phenoxy) is 1. The summed E-state index contributed by atoms with van der Waals surface area (Å²) in [6.07, 6.45) is 3.77. The molecule has 1 atom stereocenters. The maximum Gasteiger partial charge on any atom is 0.321 e. The summed E-state index contributed by atoms with van der Waals surface area (Å²) in [5, 5.41) is 13.9. The number of carbonyl (C=O) groups excluding carboxylic acids is 1. The van der Waals surface area contributed by atoms with Crippen LogP contribution in [0, 0.1) is 6.92 Å². The fourth-order valence-electron chi connectivity index (χ4n) is 3.78. The highest BCUT2D eigenvalue weighted by Gasteiger charge is 2.36. The first-order chi connectivity index (χ1) is 12.9. The number of hydrogen-bond donors (Lipinski definition) is 2. The van der Waals surface area contributed by atoms with E-state index in [9.17, 15) is 9.90 Å². The standard InChI is InChI=1S/C21H25N3O3/c1-14-3-6-19(22-13-14)21(26)7-9-24(10-8-21)20(25)23-17-4-5-18-16(12-17)11-15(2)27-18/h3-6,12-13,15,26H,7-11H2,1-2H3,(H,23,25)/t15-/m0/s1. The first kappa shape index (κ1) is 17.8. The van der Waals surface area contributed by atoms with Crippen LogP contribution in [0.25, 0.3) is 0 Å². The average Bonchev–Trinajstić information content (AvgIpc) is 3.02. The van der Waals surface area contributed by atoms with E-state index in [0.717, 1.165) is 29.0 Å². The fourth-order valence-corrected chi connectivity index (χ4v) is 3.78. The number of aliphatic hydroxyl groups is 1. The molecule has 6 nitrogen and oxygen atoms in total. The molecule has 2 N–H and O–H groups in total. The third-order valence-corrected chi connectivity index (χ3v) is 5.41. The van der Waals surface area contributed by atoms with Crippen molar-refractivity contribution in [2.75, 3.05) is 18.4 Å². The Labute approximate surface area is 159 Å². The number of urea groups is 1. The lowest BCUT2D eigenvalue weighted by atomic mass is 9.87. The van der Waals surface area contributed by atoms with Crippen LogP contribution in [0.4, 0.5) is 10.5 Å². The zero-order valence-corrected chi connectivity index (χ0v) is 15.7. The number of pyridine rings is 1. The van der Waals surface area contributed by atoms with E-state index in [4.69, 9.17) is 4.74 Å². The maximum absolute atomic E-state index is 12.6. The van der Waals surface area contributed by atoms with Gasteiger partial charge in [-0.05, 0) is 62.1 Å². The predicted molar refractivity (Wildman–Crippen MR) is 103 cm³/mol. The van der Waals surface area contributed by atoms with Crippen LogP contribution in [-0.2, 0) is 12.0 Å². The minimum atomic E-state index is -0.967. The summed E-state index contributed by atoms with van der Waals surface area (Å²) < 4.78 is 5.70. The van der Waals surface area contributed by atoms with Crippen molar-refractivity contribution in [1.29, 1.82) is 0 Å². The Bertz CT molecular complexity index is 842. The molecule has 1 fully saturated rings. The number of nitrogens with one attached hydrogen (secondary N) is 1. The normalized spacial score (nSPS) is 20.7. The van der Waals surface area contributed by atoms with Gasteiger partial charge >= 0.3 is 6.03 Å². The Balaban J connectivity index is 1.38. The van der Waals surface area contributed by atoms with Crippen LogP contribution in [0.15, 0.2) is 36.5 Å². The number of aromatic nitrogens is 1. The first-order valence-corrected chi connectivity index (χ1v) is 9.44. The third-order valence-electron chi connectivity index (χ3n) is 5.41. The van der Waals surface area contributed by atoms with E-state index in [-0.39, 0.29) is 12.1 Å². The number of fused-ring (bicyclic) bond motifs is 1. The van der Waals surface area contributed by atoms with Crippen LogP contribution in [0.3, 0.4) is 0 Å². The summed E-state index contributed by atoms with van der Waals surface area (Å²) in [5.74, 6) is 0.897. The number of nitrogens with zero attached hydrogens (tertiary/aromatic N) is 2. The van der Waals surface area contributed by atoms with Crippen molar-refractivity contribution in [3.63, 3.8) is 0 Å². The molecule has 1 saturated heterocycles. The van der Waals surface area contributed by atoms with Crippen molar-refractivity contribution in [1.82, 2.24) is 9.88 Å². The minimum Gasteiger partial charge on any atom is -0.490 e. The van der Waals surface area contributed by atoms with E-state index >= 15 is 0 Å². The quantitative estimate of drug-likeness (QED) is 0.855. The molecular formula is C21H25N3O3. The number of rotatable bonds is 2. The Kier molecular flexibility index (Phi) is 4.52. The van der Waals surface area contributed by atoms with Gasteiger partial charge in [0.1, 0.15) is 17.5 Å². The highest BCUT2D eigenvalue weighted by molar-refractivity contribution is 5.89. The molecule has 2 aromatic rings. The predicted octanol–water partition coefficient (Wildman–Crippen LogP) is 3.23. The summed E-state index contributed by atoms with van der Waals surface area (Å²) in [6, 6.07) is 9.45. The molecule has 27 heavy (non-hydrogen) atoms. The van der Waals surface area contributed by atoms with Crippen molar-refractivity contribution >= 4 is 11.7 Å². The summed E-state index contributed by atoms with van der Waals surface area (Å²) >= 11 is 0. The minimum absolute atomic E-state index is 0.138. The molecule has 0 saturated carbocycles. The largest absolute Gasteiger partial charge is 0.490 e. The molecule has 0 radical (unpaired) electrons. The lowest BCUT2D eigenvalue weighted by molar-refractivity contribution is -0.0193. The molecule has 3 heterocycles. The van der Waals surface area contributed by atoms with Gasteiger partial charge in [0.2, 0.25) is 0 Å². The van der Waals surface area contributed by atoms with E-state index in [1.54, 1.807) is 11.1 Å². The van der Waals surface area contributed by atoms with Crippen LogP contribution >= 0.6 is 0 Å². The van der Waals surface area contributed by atoms with E-state index < -0.39 is 5.60 Å². The van der Waals surface area contributed by atoms with Crippen molar-refractivity contribution in [3.05, 3.63) is 53.3 Å². The third kappa shape index (κ3) is 3.62. The van der Waals surface area contributed by atoms with Gasteiger partial charge in [0, 0.05) is 31.4 Å². The molecule has 0 bridgehead atoms. The number of anilines is 1. The molecule has 0 unspecified atom stereocenters. The Hall–Kier alpha value is -2.60. The zero-order chi connectivity index (χ0) is 19.0. The molecule has 2 amide bonds. The number of carbonyl (C=O) groups is 1. The van der Waals surface area contributed by atoms with Gasteiger partial charge in [-0.3, -0.25) is 4.98 Å². The summed E-state index contributed by atoms with van der Waals surface area (Å²) in [5.41, 5.74) is 2.68. The van der Waals surface area contributed by atoms with Crippen LogP contribution in [0.1, 0.15) is 36.6 Å². The second kappa shape index (κ2) is 6.85. The number of likely N-dealkylation sites (tertiary alicyclic amines) is 1. The summed E-state index contributed by atoms with van der Waals surface area (Å²) in [6.45, 7) is 4.99.